The summed E-state index contributed by atoms with van der Waals surface area (Å²) in [4.78, 5) is 0. The highest BCUT2D eigenvalue weighted by atomic mass is 16.5. The van der Waals surface area contributed by atoms with Crippen LogP contribution in [0.4, 0.5) is 0 Å². The molecule has 0 bridgehead atoms. The fraction of sp³-hybridized carbons (Fsp3) is 0.154. The molecule has 2 aromatic heterocycles. The average Bonchev–Trinajstić information content (AvgIpc) is 3.53. The Balaban J connectivity index is 1.11. The molecule has 170 valence electrons. The van der Waals surface area contributed by atoms with E-state index in [-0.39, 0.29) is 0 Å². The molecule has 3 aromatic carbocycles. The van der Waals surface area contributed by atoms with Crippen molar-refractivity contribution in [2.45, 2.75) is 26.3 Å². The maximum absolute atomic E-state index is 5.73. The molecule has 0 aliphatic rings. The second-order valence-electron chi connectivity index (χ2n) is 7.83. The van der Waals surface area contributed by atoms with Gasteiger partial charge >= 0.3 is 0 Å². The second-order valence-corrected chi connectivity index (χ2v) is 7.83. The third kappa shape index (κ3) is 5.86. The van der Waals surface area contributed by atoms with E-state index >= 15 is 0 Å². The van der Waals surface area contributed by atoms with Crippen molar-refractivity contribution in [2.75, 3.05) is 0 Å². The molecule has 8 nitrogen and oxygen atoms in total. The minimum Gasteiger partial charge on any atom is -0.487 e. The normalized spacial score (nSPS) is 10.8. The number of hydrogen-bond donors (Lipinski definition) is 0. The van der Waals surface area contributed by atoms with Gasteiger partial charge in [0.15, 0.2) is 0 Å². The first-order valence-electron chi connectivity index (χ1n) is 11.0. The van der Waals surface area contributed by atoms with E-state index in [1.54, 1.807) is 0 Å². The van der Waals surface area contributed by atoms with Crippen LogP contribution in [0.3, 0.4) is 0 Å². The smallest absolute Gasteiger partial charge is 0.134 e. The van der Waals surface area contributed by atoms with Gasteiger partial charge in [-0.15, -0.1) is 10.2 Å². The molecular weight excluding hydrogens is 428 g/mol. The van der Waals surface area contributed by atoms with E-state index in [1.807, 2.05) is 82.4 Å². The Morgan fingerprint density at radius 1 is 0.529 bits per heavy atom. The molecule has 8 heteroatoms. The first-order chi connectivity index (χ1) is 16.8. The molecule has 0 saturated carbocycles. The van der Waals surface area contributed by atoms with Crippen LogP contribution in [0.1, 0.15) is 22.5 Å². The minimum atomic E-state index is 0.388. The average molecular weight is 453 g/mol. The summed E-state index contributed by atoms with van der Waals surface area (Å²) in [5.74, 6) is 1.63. The van der Waals surface area contributed by atoms with Crippen LogP contribution in [0.15, 0.2) is 97.3 Å². The van der Waals surface area contributed by atoms with Gasteiger partial charge in [0.25, 0.3) is 0 Å². The third-order valence-electron chi connectivity index (χ3n) is 5.14. The quantitative estimate of drug-likeness (QED) is 0.317. The van der Waals surface area contributed by atoms with Crippen LogP contribution < -0.4 is 9.47 Å². The summed E-state index contributed by atoms with van der Waals surface area (Å²) in [5.41, 5.74) is 3.86. The second kappa shape index (κ2) is 10.4. The van der Waals surface area contributed by atoms with Gasteiger partial charge in [0.1, 0.15) is 36.1 Å². The molecule has 34 heavy (non-hydrogen) atoms. The maximum Gasteiger partial charge on any atom is 0.134 e. The summed E-state index contributed by atoms with van der Waals surface area (Å²) < 4.78 is 15.1. The largest absolute Gasteiger partial charge is 0.487 e. The lowest BCUT2D eigenvalue weighted by molar-refractivity contribution is 0.301. The zero-order valence-electron chi connectivity index (χ0n) is 18.6. The predicted octanol–water partition coefficient (Wildman–Crippen LogP) is 4.12. The van der Waals surface area contributed by atoms with Crippen molar-refractivity contribution in [3.63, 3.8) is 0 Å². The van der Waals surface area contributed by atoms with E-state index in [1.165, 1.54) is 0 Å². The van der Waals surface area contributed by atoms with Gasteiger partial charge in [0.05, 0.1) is 25.5 Å². The molecular formula is C26H24N6O2. The number of aromatic nitrogens is 6. The van der Waals surface area contributed by atoms with E-state index in [4.69, 9.17) is 9.47 Å². The highest BCUT2D eigenvalue weighted by Gasteiger charge is 2.05. The summed E-state index contributed by atoms with van der Waals surface area (Å²) in [6.07, 6.45) is 3.82. The molecule has 0 N–H and O–H groups in total. The molecule has 0 spiro atoms. The zero-order chi connectivity index (χ0) is 23.0. The van der Waals surface area contributed by atoms with E-state index in [0.29, 0.717) is 26.3 Å². The van der Waals surface area contributed by atoms with Crippen LogP contribution in [0.2, 0.25) is 0 Å². The summed E-state index contributed by atoms with van der Waals surface area (Å²) in [5, 5.41) is 16.8. The number of rotatable bonds is 10. The molecule has 5 rings (SSSR count). The van der Waals surface area contributed by atoms with E-state index in [2.05, 4.69) is 44.9 Å². The monoisotopic (exact) mass is 452 g/mol. The Hall–Kier alpha value is -4.46. The van der Waals surface area contributed by atoms with Gasteiger partial charge in [0.2, 0.25) is 0 Å². The van der Waals surface area contributed by atoms with Crippen molar-refractivity contribution >= 4 is 0 Å². The highest BCUT2D eigenvalue weighted by Crippen LogP contribution is 2.13. The van der Waals surface area contributed by atoms with Gasteiger partial charge in [-0.05, 0) is 35.4 Å². The Morgan fingerprint density at radius 3 is 1.35 bits per heavy atom. The van der Waals surface area contributed by atoms with Gasteiger partial charge < -0.3 is 9.47 Å². The first kappa shape index (κ1) is 21.4. The molecule has 0 unspecified atom stereocenters. The maximum atomic E-state index is 5.73. The van der Waals surface area contributed by atoms with Crippen molar-refractivity contribution < 1.29 is 9.47 Å². The SMILES string of the molecule is c1ccc(OCc2cn(Cc3ccc(Cn4cc(COc5ccccc5)nn4)cc3)nn2)cc1. The number of nitrogens with zero attached hydrogens (tertiary/aromatic N) is 6. The topological polar surface area (TPSA) is 79.9 Å². The van der Waals surface area contributed by atoms with Crippen LogP contribution in [0.25, 0.3) is 0 Å². The van der Waals surface area contributed by atoms with Crippen molar-refractivity contribution in [1.82, 2.24) is 30.0 Å². The molecule has 0 amide bonds. The number of hydrogen-bond acceptors (Lipinski definition) is 6. The van der Waals surface area contributed by atoms with Crippen LogP contribution in [-0.4, -0.2) is 30.0 Å². The highest BCUT2D eigenvalue weighted by molar-refractivity contribution is 5.24. The van der Waals surface area contributed by atoms with Crippen LogP contribution >= 0.6 is 0 Å². The van der Waals surface area contributed by atoms with Crippen molar-refractivity contribution in [2.24, 2.45) is 0 Å². The molecule has 2 heterocycles. The van der Waals surface area contributed by atoms with Crippen LogP contribution in [-0.2, 0) is 26.3 Å². The number of benzene rings is 3. The Bertz CT molecular complexity index is 1200. The third-order valence-corrected chi connectivity index (χ3v) is 5.14. The fourth-order valence-electron chi connectivity index (χ4n) is 3.44. The van der Waals surface area contributed by atoms with Crippen molar-refractivity contribution in [3.8, 4) is 11.5 Å². The molecule has 0 saturated heterocycles. The van der Waals surface area contributed by atoms with Gasteiger partial charge in [-0.3, -0.25) is 0 Å². The summed E-state index contributed by atoms with van der Waals surface area (Å²) in [6.45, 7) is 2.06. The Morgan fingerprint density at radius 2 is 0.941 bits per heavy atom. The summed E-state index contributed by atoms with van der Waals surface area (Å²) in [7, 11) is 0. The first-order valence-corrected chi connectivity index (χ1v) is 11.0. The van der Waals surface area contributed by atoms with Crippen LogP contribution in [0.5, 0.6) is 11.5 Å². The van der Waals surface area contributed by atoms with Crippen molar-refractivity contribution in [3.05, 3.63) is 120 Å². The molecule has 5 aromatic rings. The van der Waals surface area contributed by atoms with E-state index < -0.39 is 0 Å². The Kier molecular flexibility index (Phi) is 6.57. The van der Waals surface area contributed by atoms with E-state index in [0.717, 1.165) is 34.0 Å². The van der Waals surface area contributed by atoms with Crippen molar-refractivity contribution in [1.29, 1.82) is 0 Å². The molecule has 0 fully saturated rings. The Labute approximate surface area is 197 Å². The van der Waals surface area contributed by atoms with Gasteiger partial charge in [-0.25, -0.2) is 9.36 Å². The van der Waals surface area contributed by atoms with Crippen LogP contribution in [0, 0.1) is 0 Å². The zero-order valence-corrected chi connectivity index (χ0v) is 18.6. The van der Waals surface area contributed by atoms with E-state index in [9.17, 15) is 0 Å². The minimum absolute atomic E-state index is 0.388. The molecule has 0 atom stereocenters. The lowest BCUT2D eigenvalue weighted by atomic mass is 10.1. The standard InChI is InChI=1S/C26H24N6O2/c1-3-7-25(8-4-1)33-19-23-17-31(29-27-23)15-21-11-13-22(14-12-21)16-32-18-24(28-30-32)20-34-26-9-5-2-6-10-26/h1-14,17-18H,15-16,19-20H2. The lowest BCUT2D eigenvalue weighted by Crippen LogP contribution is -2.03. The molecule has 0 aliphatic carbocycles. The predicted molar refractivity (Wildman–Crippen MR) is 126 cm³/mol. The summed E-state index contributed by atoms with van der Waals surface area (Å²) >= 11 is 0. The number of para-hydroxylation sites is 2. The van der Waals surface area contributed by atoms with Gasteiger partial charge in [0, 0.05) is 0 Å². The van der Waals surface area contributed by atoms with Gasteiger partial charge in [-0.1, -0.05) is 71.1 Å². The molecule has 0 radical (unpaired) electrons. The van der Waals surface area contributed by atoms with Gasteiger partial charge in [-0.2, -0.15) is 0 Å². The fourth-order valence-corrected chi connectivity index (χ4v) is 3.44. The molecule has 0 aliphatic heterocycles. The number of ether oxygens (including phenoxy) is 2. The lowest BCUT2D eigenvalue weighted by Gasteiger charge is -2.05. The summed E-state index contributed by atoms with van der Waals surface area (Å²) in [6, 6.07) is 27.7.